The molecule has 0 amide bonds. The van der Waals surface area contributed by atoms with E-state index in [0.29, 0.717) is 5.92 Å². The quantitative estimate of drug-likeness (QED) is 0.665. The van der Waals surface area contributed by atoms with Gasteiger partial charge < -0.3 is 5.32 Å². The highest BCUT2D eigenvalue weighted by Crippen LogP contribution is 2.28. The summed E-state index contributed by atoms with van der Waals surface area (Å²) in [6.07, 6.45) is 6.31. The van der Waals surface area contributed by atoms with Crippen molar-refractivity contribution >= 4 is 22.3 Å². The molecule has 148 valence electrons. The molecule has 3 aromatic heterocycles. The van der Waals surface area contributed by atoms with Gasteiger partial charge in [-0.1, -0.05) is 6.07 Å². The molecule has 4 rings (SSSR count). The van der Waals surface area contributed by atoms with Crippen molar-refractivity contribution in [1.82, 2.24) is 24.6 Å². The third kappa shape index (κ3) is 4.25. The summed E-state index contributed by atoms with van der Waals surface area (Å²) < 4.78 is 2.08. The van der Waals surface area contributed by atoms with E-state index < -0.39 is 0 Å². The lowest BCUT2D eigenvalue weighted by molar-refractivity contribution is 0.198. The summed E-state index contributed by atoms with van der Waals surface area (Å²) in [5.74, 6) is 1.35. The smallest absolute Gasteiger partial charge is 0.188 e. The van der Waals surface area contributed by atoms with E-state index in [0.717, 1.165) is 37.1 Å². The molecule has 6 nitrogen and oxygen atoms in total. The van der Waals surface area contributed by atoms with Crippen molar-refractivity contribution in [2.24, 2.45) is 0 Å². The van der Waals surface area contributed by atoms with Gasteiger partial charge in [-0.2, -0.15) is 5.10 Å². The van der Waals surface area contributed by atoms with Crippen LogP contribution in [-0.4, -0.2) is 37.7 Å². The molecule has 0 spiro atoms. The highest BCUT2D eigenvalue weighted by Gasteiger charge is 2.23. The molecule has 0 saturated carbocycles. The van der Waals surface area contributed by atoms with Crippen molar-refractivity contribution in [2.45, 2.75) is 52.6 Å². The van der Waals surface area contributed by atoms with Crippen LogP contribution in [0.1, 0.15) is 47.5 Å². The van der Waals surface area contributed by atoms with Crippen LogP contribution in [0.4, 0.5) is 10.9 Å². The van der Waals surface area contributed by atoms with Gasteiger partial charge in [-0.15, -0.1) is 11.3 Å². The van der Waals surface area contributed by atoms with E-state index in [9.17, 15) is 0 Å². The Balaban J connectivity index is 1.44. The number of pyridine rings is 1. The minimum absolute atomic E-state index is 0.468. The van der Waals surface area contributed by atoms with E-state index in [1.807, 2.05) is 18.5 Å². The van der Waals surface area contributed by atoms with E-state index in [4.69, 9.17) is 4.98 Å². The van der Waals surface area contributed by atoms with Gasteiger partial charge in [0.15, 0.2) is 5.13 Å². The van der Waals surface area contributed by atoms with Crippen molar-refractivity contribution in [3.63, 3.8) is 0 Å². The van der Waals surface area contributed by atoms with Gasteiger partial charge in [0.2, 0.25) is 0 Å². The number of piperidine rings is 1. The molecule has 4 heterocycles. The number of nitrogens with zero attached hydrogens (tertiary/aromatic N) is 5. The van der Waals surface area contributed by atoms with Crippen LogP contribution in [0.15, 0.2) is 30.6 Å². The van der Waals surface area contributed by atoms with Gasteiger partial charge in [0.1, 0.15) is 5.82 Å². The highest BCUT2D eigenvalue weighted by atomic mass is 32.1. The Morgan fingerprint density at radius 1 is 1.25 bits per heavy atom. The van der Waals surface area contributed by atoms with Crippen LogP contribution < -0.4 is 5.32 Å². The molecule has 1 atom stereocenters. The first-order valence-electron chi connectivity index (χ1n) is 10.0. The van der Waals surface area contributed by atoms with Gasteiger partial charge in [0, 0.05) is 53.6 Å². The molecule has 1 aliphatic rings. The largest absolute Gasteiger partial charge is 0.316 e. The second kappa shape index (κ2) is 8.41. The maximum atomic E-state index is 4.89. The minimum atomic E-state index is 0.468. The average Bonchev–Trinajstić information content (AvgIpc) is 3.27. The first-order chi connectivity index (χ1) is 13.6. The maximum absolute atomic E-state index is 4.89. The molecule has 0 unspecified atom stereocenters. The molecular formula is C21H28N6S. The SMILES string of the molecule is CCn1ncc(CN2CCC[C@H](c3cccc(Nc4ncc(C)s4)n3)C2)c1C. The van der Waals surface area contributed by atoms with Gasteiger partial charge >= 0.3 is 0 Å². The van der Waals surface area contributed by atoms with E-state index in [1.54, 1.807) is 11.3 Å². The molecule has 1 fully saturated rings. The number of aromatic nitrogens is 4. The Morgan fingerprint density at radius 3 is 2.89 bits per heavy atom. The number of aryl methyl sites for hydroxylation is 2. The number of nitrogens with one attached hydrogen (secondary N) is 1. The van der Waals surface area contributed by atoms with Gasteiger partial charge in [-0.05, 0) is 52.3 Å². The van der Waals surface area contributed by atoms with Crippen molar-refractivity contribution in [3.8, 4) is 0 Å². The third-order valence-corrected chi connectivity index (χ3v) is 6.28. The van der Waals surface area contributed by atoms with E-state index in [2.05, 4.69) is 57.9 Å². The summed E-state index contributed by atoms with van der Waals surface area (Å²) >= 11 is 1.65. The van der Waals surface area contributed by atoms with Crippen LogP contribution in [0.3, 0.4) is 0 Å². The third-order valence-electron chi connectivity index (χ3n) is 5.45. The highest BCUT2D eigenvalue weighted by molar-refractivity contribution is 7.15. The Morgan fingerprint density at radius 2 is 2.14 bits per heavy atom. The van der Waals surface area contributed by atoms with Crippen LogP contribution in [-0.2, 0) is 13.1 Å². The zero-order valence-corrected chi connectivity index (χ0v) is 17.7. The number of likely N-dealkylation sites (tertiary alicyclic amines) is 1. The molecule has 0 radical (unpaired) electrons. The zero-order chi connectivity index (χ0) is 19.5. The number of hydrogen-bond acceptors (Lipinski definition) is 6. The summed E-state index contributed by atoms with van der Waals surface area (Å²) in [6, 6.07) is 6.27. The van der Waals surface area contributed by atoms with Crippen molar-refractivity contribution in [2.75, 3.05) is 18.4 Å². The number of rotatable bonds is 6. The monoisotopic (exact) mass is 396 g/mol. The normalized spacial score (nSPS) is 17.8. The van der Waals surface area contributed by atoms with Gasteiger partial charge in [-0.3, -0.25) is 9.58 Å². The first-order valence-corrected chi connectivity index (χ1v) is 10.8. The summed E-state index contributed by atoms with van der Waals surface area (Å²) in [7, 11) is 0. The summed E-state index contributed by atoms with van der Waals surface area (Å²) in [5.41, 5.74) is 3.79. The first kappa shape index (κ1) is 19.1. The fraction of sp³-hybridized carbons (Fsp3) is 0.476. The van der Waals surface area contributed by atoms with Gasteiger partial charge in [0.05, 0.1) is 6.20 Å². The predicted molar refractivity (Wildman–Crippen MR) is 114 cm³/mol. The van der Waals surface area contributed by atoms with Crippen molar-refractivity contribution in [1.29, 1.82) is 0 Å². The number of anilines is 2. The van der Waals surface area contributed by atoms with Crippen molar-refractivity contribution < 1.29 is 0 Å². The molecule has 1 aliphatic heterocycles. The second-order valence-electron chi connectivity index (χ2n) is 7.49. The lowest BCUT2D eigenvalue weighted by Gasteiger charge is -2.32. The Bertz CT molecular complexity index is 931. The zero-order valence-electron chi connectivity index (χ0n) is 16.9. The molecule has 7 heteroatoms. The molecule has 3 aromatic rings. The lowest BCUT2D eigenvalue weighted by atomic mass is 9.94. The lowest BCUT2D eigenvalue weighted by Crippen LogP contribution is -2.34. The van der Waals surface area contributed by atoms with E-state index in [-0.39, 0.29) is 0 Å². The fourth-order valence-electron chi connectivity index (χ4n) is 3.91. The molecule has 1 N–H and O–H groups in total. The Kier molecular flexibility index (Phi) is 5.73. The molecule has 28 heavy (non-hydrogen) atoms. The number of thiazole rings is 1. The molecule has 0 aromatic carbocycles. The predicted octanol–water partition coefficient (Wildman–Crippen LogP) is 4.49. The van der Waals surface area contributed by atoms with E-state index >= 15 is 0 Å². The van der Waals surface area contributed by atoms with E-state index in [1.165, 1.54) is 34.7 Å². The van der Waals surface area contributed by atoms with Gasteiger partial charge in [-0.25, -0.2) is 9.97 Å². The summed E-state index contributed by atoms with van der Waals surface area (Å²) in [4.78, 5) is 13.0. The Hall–Kier alpha value is -2.25. The molecule has 0 bridgehead atoms. The molecular weight excluding hydrogens is 368 g/mol. The average molecular weight is 397 g/mol. The molecule has 1 saturated heterocycles. The number of hydrogen-bond donors (Lipinski definition) is 1. The Labute approximate surface area is 170 Å². The topological polar surface area (TPSA) is 58.9 Å². The second-order valence-corrected chi connectivity index (χ2v) is 8.73. The standard InChI is InChI=1S/C21H28N6S/c1-4-27-16(3)18(12-23-27)14-26-10-6-7-17(13-26)19-8-5-9-20(24-19)25-21-22-11-15(2)28-21/h5,8-9,11-12,17H,4,6-7,10,13-14H2,1-3H3,(H,22,24,25)/t17-/m0/s1. The summed E-state index contributed by atoms with van der Waals surface area (Å²) in [5, 5.41) is 8.74. The molecule has 0 aliphatic carbocycles. The maximum Gasteiger partial charge on any atom is 0.188 e. The van der Waals surface area contributed by atoms with Crippen LogP contribution in [0, 0.1) is 13.8 Å². The van der Waals surface area contributed by atoms with Crippen molar-refractivity contribution in [3.05, 3.63) is 52.4 Å². The minimum Gasteiger partial charge on any atom is -0.316 e. The van der Waals surface area contributed by atoms with Crippen LogP contribution in [0.2, 0.25) is 0 Å². The summed E-state index contributed by atoms with van der Waals surface area (Å²) in [6.45, 7) is 10.5. The van der Waals surface area contributed by atoms with Gasteiger partial charge in [0.25, 0.3) is 0 Å². The fourth-order valence-corrected chi connectivity index (χ4v) is 4.58. The van der Waals surface area contributed by atoms with Crippen LogP contribution >= 0.6 is 11.3 Å². The van der Waals surface area contributed by atoms with Crippen LogP contribution in [0.25, 0.3) is 0 Å². The van der Waals surface area contributed by atoms with Crippen LogP contribution in [0.5, 0.6) is 0 Å².